The van der Waals surface area contributed by atoms with Crippen molar-refractivity contribution in [3.05, 3.63) is 40.4 Å². The van der Waals surface area contributed by atoms with E-state index in [1.54, 1.807) is 31.4 Å². The number of anilines is 1. The summed E-state index contributed by atoms with van der Waals surface area (Å²) in [5.74, 6) is 0.326. The van der Waals surface area contributed by atoms with E-state index in [1.165, 1.54) is 11.3 Å². The molecule has 0 radical (unpaired) electrons. The number of benzene rings is 1. The van der Waals surface area contributed by atoms with Crippen molar-refractivity contribution in [2.75, 3.05) is 19.0 Å². The molecule has 0 bridgehead atoms. The molecule has 6 nitrogen and oxygen atoms in total. The van der Waals surface area contributed by atoms with E-state index in [-0.39, 0.29) is 17.7 Å². The van der Waals surface area contributed by atoms with Gasteiger partial charge >= 0.3 is 0 Å². The van der Waals surface area contributed by atoms with Crippen molar-refractivity contribution >= 4 is 28.3 Å². The smallest absolute Gasteiger partial charge is 0.257 e. The maximum Gasteiger partial charge on any atom is 0.257 e. The van der Waals surface area contributed by atoms with Crippen LogP contribution >= 0.6 is 11.3 Å². The van der Waals surface area contributed by atoms with E-state index in [0.717, 1.165) is 49.1 Å². The predicted octanol–water partition coefficient (Wildman–Crippen LogP) is 4.13. The van der Waals surface area contributed by atoms with E-state index < -0.39 is 0 Å². The Kier molecular flexibility index (Phi) is 7.03. The maximum absolute atomic E-state index is 12.6. The summed E-state index contributed by atoms with van der Waals surface area (Å²) in [7, 11) is 1.59. The quantitative estimate of drug-likeness (QED) is 0.652. The van der Waals surface area contributed by atoms with Crippen molar-refractivity contribution in [1.29, 1.82) is 0 Å². The van der Waals surface area contributed by atoms with Crippen molar-refractivity contribution in [3.8, 4) is 5.75 Å². The third-order valence-electron chi connectivity index (χ3n) is 4.92. The van der Waals surface area contributed by atoms with Crippen LogP contribution in [0.4, 0.5) is 5.13 Å². The minimum atomic E-state index is -0.215. The van der Waals surface area contributed by atoms with Gasteiger partial charge in [0.25, 0.3) is 5.91 Å². The van der Waals surface area contributed by atoms with Crippen LogP contribution in [0.15, 0.2) is 24.3 Å². The third-order valence-corrected chi connectivity index (χ3v) is 5.97. The number of rotatable bonds is 8. The number of unbranched alkanes of at least 4 members (excludes halogenated alkanes) is 2. The normalized spacial score (nSPS) is 15.6. The topological polar surface area (TPSA) is 80.3 Å². The first-order chi connectivity index (χ1) is 13.6. The Labute approximate surface area is 169 Å². The molecule has 1 heterocycles. The number of carbonyl (C=O) groups excluding carboxylic acids is 2. The number of nitrogens with one attached hydrogen (secondary N) is 2. The molecular formula is C21H27N3O3S. The van der Waals surface area contributed by atoms with Crippen LogP contribution in [0.1, 0.15) is 65.9 Å². The number of methoxy groups -OCH3 is 1. The average Bonchev–Trinajstić information content (AvgIpc) is 3.13. The number of fused-ring (bicyclic) bond motifs is 1. The summed E-state index contributed by atoms with van der Waals surface area (Å²) in [5.41, 5.74) is 1.37. The van der Waals surface area contributed by atoms with E-state index in [4.69, 9.17) is 4.74 Å². The van der Waals surface area contributed by atoms with Crippen LogP contribution in [-0.2, 0) is 11.2 Å². The van der Waals surface area contributed by atoms with Gasteiger partial charge < -0.3 is 10.1 Å². The van der Waals surface area contributed by atoms with Crippen molar-refractivity contribution in [1.82, 2.24) is 10.3 Å². The van der Waals surface area contributed by atoms with Crippen LogP contribution in [0.25, 0.3) is 0 Å². The first kappa shape index (κ1) is 20.3. The molecule has 1 aromatic carbocycles. The molecule has 1 aromatic heterocycles. The van der Waals surface area contributed by atoms with Crippen molar-refractivity contribution in [2.24, 2.45) is 0 Å². The summed E-state index contributed by atoms with van der Waals surface area (Å²) >= 11 is 1.47. The maximum atomic E-state index is 12.6. The molecule has 0 saturated heterocycles. The third kappa shape index (κ3) is 4.90. The molecule has 1 atom stereocenters. The van der Waals surface area contributed by atoms with E-state index in [9.17, 15) is 9.59 Å². The van der Waals surface area contributed by atoms with Gasteiger partial charge in [0.15, 0.2) is 5.13 Å². The number of aromatic nitrogens is 1. The van der Waals surface area contributed by atoms with Gasteiger partial charge in [0.1, 0.15) is 5.75 Å². The lowest BCUT2D eigenvalue weighted by Gasteiger charge is -2.20. The number of hydrogen-bond acceptors (Lipinski definition) is 5. The Balaban J connectivity index is 1.66. The summed E-state index contributed by atoms with van der Waals surface area (Å²) in [5, 5.41) is 6.46. The number of amides is 2. The molecule has 7 heteroatoms. The molecule has 28 heavy (non-hydrogen) atoms. The molecule has 150 valence electrons. The minimum absolute atomic E-state index is 0.0513. The van der Waals surface area contributed by atoms with Gasteiger partial charge in [-0.25, -0.2) is 4.98 Å². The highest BCUT2D eigenvalue weighted by atomic mass is 32.1. The molecule has 1 aliphatic rings. The summed E-state index contributed by atoms with van der Waals surface area (Å²) in [4.78, 5) is 30.8. The lowest BCUT2D eigenvalue weighted by atomic mass is 9.90. The number of carbonyl (C=O) groups is 2. The Morgan fingerprint density at radius 3 is 2.75 bits per heavy atom. The Hall–Kier alpha value is -2.41. The fourth-order valence-electron chi connectivity index (χ4n) is 3.35. The van der Waals surface area contributed by atoms with E-state index in [1.807, 2.05) is 0 Å². The van der Waals surface area contributed by atoms with E-state index >= 15 is 0 Å². The lowest BCUT2D eigenvalue weighted by Crippen LogP contribution is -2.32. The fraction of sp³-hybridized carbons (Fsp3) is 0.476. The van der Waals surface area contributed by atoms with Gasteiger partial charge in [-0.2, -0.15) is 0 Å². The summed E-state index contributed by atoms with van der Waals surface area (Å²) in [6.45, 7) is 2.86. The molecule has 2 amide bonds. The highest BCUT2D eigenvalue weighted by Crippen LogP contribution is 2.37. The van der Waals surface area contributed by atoms with Gasteiger partial charge in [-0.05, 0) is 49.9 Å². The molecule has 2 aromatic rings. The summed E-state index contributed by atoms with van der Waals surface area (Å²) in [6, 6.07) is 6.93. The standard InChI is InChI=1S/C21H27N3O3S/c1-3-4-5-13-22-20(26)16-7-6-8-17-18(16)23-21(28-17)24-19(25)14-9-11-15(27-2)12-10-14/h9-12,16H,3-8,13H2,1-2H3,(H,22,26)(H,23,24,25). The van der Waals surface area contributed by atoms with Gasteiger partial charge in [-0.3, -0.25) is 14.9 Å². The van der Waals surface area contributed by atoms with Crippen LogP contribution in [0.2, 0.25) is 0 Å². The SMILES string of the molecule is CCCCCNC(=O)C1CCCc2sc(NC(=O)c3ccc(OC)cc3)nc21. The second-order valence-corrected chi connectivity index (χ2v) is 8.04. The minimum Gasteiger partial charge on any atom is -0.497 e. The average molecular weight is 402 g/mol. The molecule has 0 saturated carbocycles. The van der Waals surface area contributed by atoms with Crippen molar-refractivity contribution in [2.45, 2.75) is 51.4 Å². The van der Waals surface area contributed by atoms with Gasteiger partial charge in [0, 0.05) is 17.0 Å². The molecule has 3 rings (SSSR count). The highest BCUT2D eigenvalue weighted by molar-refractivity contribution is 7.15. The Morgan fingerprint density at radius 1 is 1.25 bits per heavy atom. The number of aryl methyl sites for hydroxylation is 1. The number of ether oxygens (including phenoxy) is 1. The van der Waals surface area contributed by atoms with Gasteiger partial charge in [0.2, 0.25) is 5.91 Å². The van der Waals surface area contributed by atoms with Crippen LogP contribution in [0, 0.1) is 0 Å². The molecule has 1 unspecified atom stereocenters. The van der Waals surface area contributed by atoms with Gasteiger partial charge in [-0.1, -0.05) is 19.8 Å². The van der Waals surface area contributed by atoms with Crippen molar-refractivity contribution < 1.29 is 14.3 Å². The van der Waals surface area contributed by atoms with Gasteiger partial charge in [-0.15, -0.1) is 11.3 Å². The highest BCUT2D eigenvalue weighted by Gasteiger charge is 2.30. The molecular weight excluding hydrogens is 374 g/mol. The largest absolute Gasteiger partial charge is 0.497 e. The zero-order valence-electron chi connectivity index (χ0n) is 16.4. The zero-order chi connectivity index (χ0) is 19.9. The Bertz CT molecular complexity index is 817. The second kappa shape index (κ2) is 9.68. The lowest BCUT2D eigenvalue weighted by molar-refractivity contribution is -0.122. The molecule has 0 spiro atoms. The predicted molar refractivity (Wildman–Crippen MR) is 111 cm³/mol. The van der Waals surface area contributed by atoms with E-state index in [0.29, 0.717) is 23.0 Å². The first-order valence-corrected chi connectivity index (χ1v) is 10.7. The van der Waals surface area contributed by atoms with Crippen LogP contribution in [0.3, 0.4) is 0 Å². The second-order valence-electron chi connectivity index (χ2n) is 6.95. The molecule has 1 aliphatic carbocycles. The number of nitrogens with zero attached hydrogens (tertiary/aromatic N) is 1. The Morgan fingerprint density at radius 2 is 2.04 bits per heavy atom. The summed E-state index contributed by atoms with van der Waals surface area (Å²) < 4.78 is 5.12. The fourth-order valence-corrected chi connectivity index (χ4v) is 4.41. The number of thiazole rings is 1. The first-order valence-electron chi connectivity index (χ1n) is 9.85. The van der Waals surface area contributed by atoms with Gasteiger partial charge in [0.05, 0.1) is 18.7 Å². The molecule has 0 fully saturated rings. The zero-order valence-corrected chi connectivity index (χ0v) is 17.2. The monoisotopic (exact) mass is 401 g/mol. The van der Waals surface area contributed by atoms with E-state index in [2.05, 4.69) is 22.5 Å². The van der Waals surface area contributed by atoms with Crippen LogP contribution in [-0.4, -0.2) is 30.5 Å². The van der Waals surface area contributed by atoms with Crippen LogP contribution in [0.5, 0.6) is 5.75 Å². The molecule has 0 aliphatic heterocycles. The van der Waals surface area contributed by atoms with Crippen LogP contribution < -0.4 is 15.4 Å². The number of hydrogen-bond donors (Lipinski definition) is 2. The van der Waals surface area contributed by atoms with Crippen molar-refractivity contribution in [3.63, 3.8) is 0 Å². The summed E-state index contributed by atoms with van der Waals surface area (Å²) in [6.07, 6.45) is 5.94. The molecule has 2 N–H and O–H groups in total.